The number of hydrogen-bond acceptors (Lipinski definition) is 8. The lowest BCUT2D eigenvalue weighted by atomic mass is 9.95. The number of benzene rings is 3. The zero-order chi connectivity index (χ0) is 29.3. The van der Waals surface area contributed by atoms with Crippen LogP contribution in [0.3, 0.4) is 0 Å². The van der Waals surface area contributed by atoms with Gasteiger partial charge >= 0.3 is 11.9 Å². The number of nitrogens with zero attached hydrogens (tertiary/aromatic N) is 2. The molecule has 0 saturated carbocycles. The molecule has 1 unspecified atom stereocenters. The molecule has 1 aliphatic rings. The van der Waals surface area contributed by atoms with Crippen molar-refractivity contribution in [3.63, 3.8) is 0 Å². The molecular weight excluding hydrogens is 540 g/mol. The second kappa shape index (κ2) is 11.5. The van der Waals surface area contributed by atoms with Crippen molar-refractivity contribution in [1.29, 1.82) is 0 Å². The first-order valence-corrected chi connectivity index (χ1v) is 14.0. The maximum absolute atomic E-state index is 14.1. The van der Waals surface area contributed by atoms with Crippen LogP contribution in [-0.2, 0) is 14.3 Å². The van der Waals surface area contributed by atoms with Gasteiger partial charge in [0.2, 0.25) is 0 Å². The van der Waals surface area contributed by atoms with Crippen molar-refractivity contribution < 1.29 is 23.8 Å². The number of fused-ring (bicyclic) bond motifs is 2. The van der Waals surface area contributed by atoms with Crippen molar-refractivity contribution in [1.82, 2.24) is 4.57 Å². The van der Waals surface area contributed by atoms with E-state index in [1.807, 2.05) is 62.4 Å². The number of carbonyl (C=O) groups excluding carboxylic acids is 2. The Kier molecular flexibility index (Phi) is 7.90. The van der Waals surface area contributed by atoms with Gasteiger partial charge in [-0.2, -0.15) is 0 Å². The summed E-state index contributed by atoms with van der Waals surface area (Å²) in [4.78, 5) is 44.3. The lowest BCUT2D eigenvalue weighted by Gasteiger charge is -2.25. The van der Waals surface area contributed by atoms with E-state index in [0.717, 1.165) is 16.3 Å². The van der Waals surface area contributed by atoms with Gasteiger partial charge in [0.05, 0.1) is 35.6 Å². The van der Waals surface area contributed by atoms with E-state index in [1.165, 1.54) is 29.9 Å². The summed E-state index contributed by atoms with van der Waals surface area (Å²) in [5.74, 6) is -0.386. The van der Waals surface area contributed by atoms with E-state index in [4.69, 9.17) is 14.2 Å². The first-order valence-electron chi connectivity index (χ1n) is 13.2. The third-order valence-electron chi connectivity index (χ3n) is 6.66. The monoisotopic (exact) mass is 570 g/mol. The molecule has 0 bridgehead atoms. The molecule has 210 valence electrons. The van der Waals surface area contributed by atoms with Crippen LogP contribution in [0.15, 0.2) is 81.7 Å². The number of hydrogen-bond donors (Lipinski definition) is 0. The van der Waals surface area contributed by atoms with E-state index >= 15 is 0 Å². The predicted molar refractivity (Wildman–Crippen MR) is 158 cm³/mol. The molecule has 1 atom stereocenters. The van der Waals surface area contributed by atoms with Gasteiger partial charge in [-0.15, -0.1) is 0 Å². The lowest BCUT2D eigenvalue weighted by molar-refractivity contribution is -0.140. The number of esters is 2. The number of allylic oxidation sites excluding steroid dienone is 1. The van der Waals surface area contributed by atoms with Crippen molar-refractivity contribution >= 4 is 40.1 Å². The summed E-state index contributed by atoms with van der Waals surface area (Å²) in [7, 11) is 1.46. The van der Waals surface area contributed by atoms with Gasteiger partial charge in [0.1, 0.15) is 0 Å². The normalized spacial score (nSPS) is 15.1. The average molecular weight is 571 g/mol. The highest BCUT2D eigenvalue weighted by molar-refractivity contribution is 7.07. The summed E-state index contributed by atoms with van der Waals surface area (Å²) >= 11 is 1.26. The second-order valence-electron chi connectivity index (χ2n) is 10.1. The molecule has 9 heteroatoms. The number of ether oxygens (including phenoxy) is 3. The molecule has 0 aliphatic carbocycles. The van der Waals surface area contributed by atoms with Crippen LogP contribution in [0.1, 0.15) is 44.9 Å². The van der Waals surface area contributed by atoms with E-state index in [0.29, 0.717) is 26.3 Å². The molecule has 0 radical (unpaired) electrons. The highest BCUT2D eigenvalue weighted by Gasteiger charge is 2.34. The van der Waals surface area contributed by atoms with Crippen molar-refractivity contribution in [2.24, 2.45) is 10.9 Å². The number of carbonyl (C=O) groups is 2. The van der Waals surface area contributed by atoms with E-state index in [9.17, 15) is 14.4 Å². The lowest BCUT2D eigenvalue weighted by Crippen LogP contribution is -2.40. The number of thiazole rings is 1. The summed E-state index contributed by atoms with van der Waals surface area (Å²) in [6.45, 7) is 7.17. The minimum Gasteiger partial charge on any atom is -0.493 e. The van der Waals surface area contributed by atoms with Crippen LogP contribution in [0.4, 0.5) is 0 Å². The molecular formula is C32H30N2O6S. The molecule has 0 saturated heterocycles. The fourth-order valence-corrected chi connectivity index (χ4v) is 5.87. The smallest absolute Gasteiger partial charge is 0.338 e. The molecule has 4 aromatic rings. The van der Waals surface area contributed by atoms with Crippen molar-refractivity contribution in [2.75, 3.05) is 13.7 Å². The largest absolute Gasteiger partial charge is 0.493 e. The quantitative estimate of drug-likeness (QED) is 0.240. The molecule has 5 rings (SSSR count). The summed E-state index contributed by atoms with van der Waals surface area (Å²) in [6, 6.07) is 18.1. The highest BCUT2D eigenvalue weighted by Crippen LogP contribution is 2.36. The summed E-state index contributed by atoms with van der Waals surface area (Å²) in [5, 5.41) is 2.09. The van der Waals surface area contributed by atoms with E-state index in [-0.39, 0.29) is 29.4 Å². The topological polar surface area (TPSA) is 96.2 Å². The predicted octanol–water partition coefficient (Wildman–Crippen LogP) is 4.52. The van der Waals surface area contributed by atoms with Crippen molar-refractivity contribution in [2.45, 2.75) is 33.7 Å². The third kappa shape index (κ3) is 5.58. The minimum absolute atomic E-state index is 0.128. The van der Waals surface area contributed by atoms with Crippen LogP contribution in [0.5, 0.6) is 11.5 Å². The van der Waals surface area contributed by atoms with E-state index in [1.54, 1.807) is 25.1 Å². The Bertz CT molecular complexity index is 1880. The van der Waals surface area contributed by atoms with E-state index in [2.05, 4.69) is 4.99 Å². The molecule has 0 spiro atoms. The highest BCUT2D eigenvalue weighted by atomic mass is 32.1. The summed E-state index contributed by atoms with van der Waals surface area (Å²) < 4.78 is 18.4. The zero-order valence-electron chi connectivity index (χ0n) is 23.5. The van der Waals surface area contributed by atoms with Crippen LogP contribution in [0.25, 0.3) is 16.8 Å². The van der Waals surface area contributed by atoms with Crippen molar-refractivity contribution in [3.05, 3.63) is 103 Å². The molecule has 0 fully saturated rings. The van der Waals surface area contributed by atoms with Crippen LogP contribution < -0.4 is 24.4 Å². The maximum atomic E-state index is 14.1. The number of methoxy groups -OCH3 is 1. The summed E-state index contributed by atoms with van der Waals surface area (Å²) in [6.07, 6.45) is 1.86. The number of aromatic nitrogens is 1. The van der Waals surface area contributed by atoms with Gasteiger partial charge < -0.3 is 14.2 Å². The van der Waals surface area contributed by atoms with E-state index < -0.39 is 18.0 Å². The van der Waals surface area contributed by atoms with Gasteiger partial charge in [0.15, 0.2) is 16.3 Å². The number of rotatable bonds is 7. The van der Waals surface area contributed by atoms with Crippen LogP contribution in [0.2, 0.25) is 0 Å². The molecule has 8 nitrogen and oxygen atoms in total. The van der Waals surface area contributed by atoms with Crippen LogP contribution >= 0.6 is 11.3 Å². The van der Waals surface area contributed by atoms with Gasteiger partial charge in [-0.3, -0.25) is 14.2 Å². The van der Waals surface area contributed by atoms with Crippen LogP contribution in [0, 0.1) is 5.92 Å². The van der Waals surface area contributed by atoms with Crippen molar-refractivity contribution in [3.8, 4) is 11.5 Å². The molecule has 41 heavy (non-hydrogen) atoms. The Balaban J connectivity index is 1.72. The minimum atomic E-state index is -0.833. The third-order valence-corrected chi connectivity index (χ3v) is 7.64. The standard InChI is InChI=1S/C32H30N2O6S/c1-18(2)17-39-31(37)28-19(3)33-32-34(29(28)23-13-14-25(40-20(4)35)26(15-23)38-5)30(36)27(41-32)16-22-11-8-10-21-9-6-7-12-24(21)22/h6-16,18,29H,17H2,1-5H3/b27-16-. The maximum Gasteiger partial charge on any atom is 0.338 e. The first-order chi connectivity index (χ1) is 19.7. The average Bonchev–Trinajstić information content (AvgIpc) is 3.25. The Morgan fingerprint density at radius 1 is 1.07 bits per heavy atom. The molecule has 3 aromatic carbocycles. The summed E-state index contributed by atoms with van der Waals surface area (Å²) in [5.41, 5.74) is 1.93. The molecule has 1 aromatic heterocycles. The molecule has 2 heterocycles. The van der Waals surface area contributed by atoms with Gasteiger partial charge in [-0.1, -0.05) is 73.7 Å². The molecule has 1 aliphatic heterocycles. The molecule has 0 amide bonds. The second-order valence-corrected chi connectivity index (χ2v) is 11.2. The van der Waals surface area contributed by atoms with Gasteiger partial charge in [0, 0.05) is 6.92 Å². The van der Waals surface area contributed by atoms with Gasteiger partial charge in [-0.05, 0) is 52.9 Å². The van der Waals surface area contributed by atoms with Crippen LogP contribution in [-0.4, -0.2) is 30.2 Å². The van der Waals surface area contributed by atoms with Gasteiger partial charge in [0.25, 0.3) is 5.56 Å². The Labute approximate surface area is 240 Å². The Morgan fingerprint density at radius 3 is 2.56 bits per heavy atom. The Hall–Kier alpha value is -4.50. The first kappa shape index (κ1) is 28.0. The Morgan fingerprint density at radius 2 is 1.83 bits per heavy atom. The SMILES string of the molecule is COc1cc(C2C(C(=O)OCC(C)C)=C(C)N=c3s/c(=C\c4cccc5ccccc45)c(=O)n32)ccc1OC(C)=O. The molecule has 0 N–H and O–H groups in total. The fraction of sp³-hybridized carbons (Fsp3) is 0.250. The fourth-order valence-electron chi connectivity index (χ4n) is 4.83. The van der Waals surface area contributed by atoms with Gasteiger partial charge in [-0.25, -0.2) is 9.79 Å². The zero-order valence-corrected chi connectivity index (χ0v) is 24.3.